The van der Waals surface area contributed by atoms with Crippen LogP contribution in [-0.4, -0.2) is 36.1 Å². The largest absolute Gasteiger partial charge is 0.503 e. The molecule has 88 valence electrons. The van der Waals surface area contributed by atoms with Crippen molar-refractivity contribution in [2.75, 3.05) is 31.3 Å². The van der Waals surface area contributed by atoms with Gasteiger partial charge in [-0.1, -0.05) is 6.92 Å². The molecule has 2 heterocycles. The normalized spacial score (nSPS) is 16.4. The van der Waals surface area contributed by atoms with E-state index >= 15 is 0 Å². The van der Waals surface area contributed by atoms with Gasteiger partial charge in [-0.15, -0.1) is 0 Å². The number of rotatable bonds is 2. The van der Waals surface area contributed by atoms with Crippen LogP contribution in [0.25, 0.3) is 0 Å². The van der Waals surface area contributed by atoms with Crippen molar-refractivity contribution in [3.63, 3.8) is 0 Å². The maximum Gasteiger partial charge on any atom is 0.223 e. The van der Waals surface area contributed by atoms with E-state index in [0.29, 0.717) is 13.2 Å². The molecule has 1 saturated heterocycles. The first-order valence-corrected chi connectivity index (χ1v) is 5.50. The van der Waals surface area contributed by atoms with Crippen LogP contribution < -0.4 is 10.4 Å². The lowest BCUT2D eigenvalue weighted by Crippen LogP contribution is -2.45. The van der Waals surface area contributed by atoms with Crippen LogP contribution in [0.4, 0.5) is 0 Å². The number of aromatic nitrogens is 1. The molecule has 1 N–H and O–H groups in total. The maximum absolute atomic E-state index is 11.3. The quantitative estimate of drug-likeness (QED) is 0.773. The fraction of sp³-hybridized carbons (Fsp3) is 0.545. The molecule has 0 aromatic carbocycles. The van der Waals surface area contributed by atoms with E-state index in [9.17, 15) is 9.90 Å². The number of morpholine rings is 1. The lowest BCUT2D eigenvalue weighted by atomic mass is 10.3. The number of hydrogen-bond acceptors (Lipinski definition) is 4. The number of aromatic hydroxyl groups is 1. The molecule has 0 bridgehead atoms. The summed E-state index contributed by atoms with van der Waals surface area (Å²) in [5.74, 6) is -0.205. The van der Waals surface area contributed by atoms with Gasteiger partial charge >= 0.3 is 0 Å². The summed E-state index contributed by atoms with van der Waals surface area (Å²) in [4.78, 5) is 11.3. The molecule has 1 fully saturated rings. The zero-order valence-corrected chi connectivity index (χ0v) is 9.35. The Morgan fingerprint density at radius 1 is 1.44 bits per heavy atom. The molecule has 16 heavy (non-hydrogen) atoms. The number of ether oxygens (including phenoxy) is 1. The van der Waals surface area contributed by atoms with E-state index < -0.39 is 0 Å². The highest BCUT2D eigenvalue weighted by Gasteiger charge is 2.13. The van der Waals surface area contributed by atoms with Gasteiger partial charge in [0.2, 0.25) is 5.43 Å². The Hall–Kier alpha value is -1.49. The Kier molecular flexibility index (Phi) is 3.14. The third-order valence-corrected chi connectivity index (χ3v) is 2.74. The topological polar surface area (TPSA) is 54.7 Å². The molecule has 0 aliphatic carbocycles. The first kappa shape index (κ1) is 11.0. The Balaban J connectivity index is 2.37. The molecule has 1 aliphatic rings. The zero-order valence-electron chi connectivity index (χ0n) is 9.35. The van der Waals surface area contributed by atoms with Crippen molar-refractivity contribution >= 4 is 0 Å². The minimum atomic E-state index is -0.318. The highest BCUT2D eigenvalue weighted by molar-refractivity contribution is 5.22. The smallest absolute Gasteiger partial charge is 0.223 e. The van der Waals surface area contributed by atoms with Gasteiger partial charge in [-0.2, -0.15) is 0 Å². The fourth-order valence-corrected chi connectivity index (χ4v) is 1.85. The van der Waals surface area contributed by atoms with Crippen LogP contribution in [0, 0.1) is 0 Å². The molecular formula is C11H16N2O3. The predicted octanol–water partition coefficient (Wildman–Crippen LogP) is 0.0845. The van der Waals surface area contributed by atoms with E-state index in [1.807, 2.05) is 11.6 Å². The van der Waals surface area contributed by atoms with E-state index in [1.165, 1.54) is 12.3 Å². The monoisotopic (exact) mass is 224 g/mol. The molecule has 1 aromatic rings. The highest BCUT2D eigenvalue weighted by Crippen LogP contribution is 2.08. The van der Waals surface area contributed by atoms with E-state index in [2.05, 4.69) is 5.01 Å². The number of hydrogen-bond donors (Lipinski definition) is 1. The van der Waals surface area contributed by atoms with Gasteiger partial charge in [0.25, 0.3) is 0 Å². The van der Waals surface area contributed by atoms with E-state index in [-0.39, 0.29) is 11.2 Å². The van der Waals surface area contributed by atoms with E-state index in [0.717, 1.165) is 25.2 Å². The van der Waals surface area contributed by atoms with Crippen LogP contribution in [0.15, 0.2) is 17.1 Å². The third kappa shape index (κ3) is 2.04. The van der Waals surface area contributed by atoms with Gasteiger partial charge in [0.15, 0.2) is 5.75 Å². The lowest BCUT2D eigenvalue weighted by Gasteiger charge is -2.32. The fourth-order valence-electron chi connectivity index (χ4n) is 1.85. The van der Waals surface area contributed by atoms with Gasteiger partial charge in [-0.05, 0) is 6.42 Å². The van der Waals surface area contributed by atoms with Crippen molar-refractivity contribution < 1.29 is 9.84 Å². The third-order valence-electron chi connectivity index (χ3n) is 2.74. The number of aryl methyl sites for hydroxylation is 1. The summed E-state index contributed by atoms with van der Waals surface area (Å²) in [7, 11) is 0. The Morgan fingerprint density at radius 3 is 2.75 bits per heavy atom. The average Bonchev–Trinajstić information content (AvgIpc) is 2.33. The van der Waals surface area contributed by atoms with E-state index in [1.54, 1.807) is 0 Å². The lowest BCUT2D eigenvalue weighted by molar-refractivity contribution is 0.110. The molecule has 1 aliphatic heterocycles. The van der Waals surface area contributed by atoms with Crippen molar-refractivity contribution in [3.05, 3.63) is 28.2 Å². The summed E-state index contributed by atoms with van der Waals surface area (Å²) in [5, 5.41) is 11.5. The van der Waals surface area contributed by atoms with Crippen molar-refractivity contribution in [2.24, 2.45) is 0 Å². The summed E-state index contributed by atoms with van der Waals surface area (Å²) in [6.07, 6.45) is 2.25. The first-order valence-electron chi connectivity index (χ1n) is 5.50. The van der Waals surface area contributed by atoms with Crippen molar-refractivity contribution in [2.45, 2.75) is 13.3 Å². The van der Waals surface area contributed by atoms with Gasteiger partial charge in [0.05, 0.1) is 32.5 Å². The summed E-state index contributed by atoms with van der Waals surface area (Å²) in [6.45, 7) is 4.89. The van der Waals surface area contributed by atoms with Crippen molar-refractivity contribution in [1.82, 2.24) is 4.68 Å². The van der Waals surface area contributed by atoms with Crippen LogP contribution in [0.3, 0.4) is 0 Å². The van der Waals surface area contributed by atoms with Crippen LogP contribution in [0.5, 0.6) is 5.75 Å². The molecule has 0 amide bonds. The molecule has 0 spiro atoms. The van der Waals surface area contributed by atoms with Crippen LogP contribution in [0.1, 0.15) is 12.6 Å². The summed E-state index contributed by atoms with van der Waals surface area (Å²) >= 11 is 0. The minimum Gasteiger partial charge on any atom is -0.503 e. The zero-order chi connectivity index (χ0) is 11.5. The van der Waals surface area contributed by atoms with Gasteiger partial charge < -0.3 is 14.9 Å². The Morgan fingerprint density at radius 2 is 2.12 bits per heavy atom. The summed E-state index contributed by atoms with van der Waals surface area (Å²) < 4.78 is 7.13. The second-order valence-electron chi connectivity index (χ2n) is 3.78. The average molecular weight is 224 g/mol. The van der Waals surface area contributed by atoms with E-state index in [4.69, 9.17) is 4.74 Å². The van der Waals surface area contributed by atoms with Gasteiger partial charge in [0.1, 0.15) is 0 Å². The SMILES string of the molecule is CCc1cc(=O)c(O)cn1N1CCOCC1. The molecule has 1 aromatic heterocycles. The summed E-state index contributed by atoms with van der Waals surface area (Å²) in [6, 6.07) is 1.49. The van der Waals surface area contributed by atoms with Crippen molar-refractivity contribution in [3.8, 4) is 5.75 Å². The number of nitrogens with zero attached hydrogens (tertiary/aromatic N) is 2. The summed E-state index contributed by atoms with van der Waals surface area (Å²) in [5.41, 5.74) is 0.589. The molecule has 2 rings (SSSR count). The number of pyridine rings is 1. The van der Waals surface area contributed by atoms with Crippen LogP contribution >= 0.6 is 0 Å². The first-order chi connectivity index (χ1) is 7.72. The molecule has 5 heteroatoms. The molecule has 0 unspecified atom stereocenters. The highest BCUT2D eigenvalue weighted by atomic mass is 16.5. The van der Waals surface area contributed by atoms with Gasteiger partial charge in [-0.25, -0.2) is 0 Å². The molecule has 0 atom stereocenters. The molecule has 5 nitrogen and oxygen atoms in total. The second-order valence-corrected chi connectivity index (χ2v) is 3.78. The van der Waals surface area contributed by atoms with Crippen LogP contribution in [0.2, 0.25) is 0 Å². The predicted molar refractivity (Wildman–Crippen MR) is 60.5 cm³/mol. The molecular weight excluding hydrogens is 208 g/mol. The van der Waals surface area contributed by atoms with Crippen molar-refractivity contribution in [1.29, 1.82) is 0 Å². The Labute approximate surface area is 93.8 Å². The molecule has 0 radical (unpaired) electrons. The standard InChI is InChI=1S/C11H16N2O3/c1-2-9-7-10(14)11(15)8-13(9)12-3-5-16-6-4-12/h7-8,15H,2-6H2,1H3. The van der Waals surface area contributed by atoms with Gasteiger partial charge in [-0.3, -0.25) is 9.47 Å². The minimum absolute atomic E-state index is 0.205. The maximum atomic E-state index is 11.3. The molecule has 0 saturated carbocycles. The van der Waals surface area contributed by atoms with Gasteiger partial charge in [0, 0.05) is 11.8 Å². The Bertz CT molecular complexity index is 422. The second kappa shape index (κ2) is 4.57. The van der Waals surface area contributed by atoms with Crippen LogP contribution in [-0.2, 0) is 11.2 Å².